The van der Waals surface area contributed by atoms with Crippen LogP contribution in [0.15, 0.2) is 18.2 Å². The summed E-state index contributed by atoms with van der Waals surface area (Å²) in [6.45, 7) is 4.21. The van der Waals surface area contributed by atoms with E-state index in [1.165, 1.54) is 16.7 Å². The van der Waals surface area contributed by atoms with Crippen LogP contribution < -0.4 is 5.73 Å². The average molecular weight is 234 g/mol. The van der Waals surface area contributed by atoms with Crippen molar-refractivity contribution in [2.75, 3.05) is 5.88 Å². The number of nitrogens with two attached hydrogens (primary N) is 1. The van der Waals surface area contributed by atoms with Gasteiger partial charge in [-0.25, -0.2) is 0 Å². The van der Waals surface area contributed by atoms with Gasteiger partial charge in [-0.05, 0) is 31.4 Å². The third-order valence-corrected chi connectivity index (χ3v) is 2.57. The van der Waals surface area contributed by atoms with E-state index < -0.39 is 0 Å². The number of benzene rings is 1. The minimum absolute atomic E-state index is 0. The van der Waals surface area contributed by atoms with Crippen LogP contribution in [0.2, 0.25) is 0 Å². The van der Waals surface area contributed by atoms with Gasteiger partial charge < -0.3 is 5.73 Å². The molecule has 3 heteroatoms. The smallest absolute Gasteiger partial charge is 0.0378 e. The number of aryl methyl sites for hydroxylation is 2. The van der Waals surface area contributed by atoms with Crippen LogP contribution in [-0.2, 0) is 6.42 Å². The molecule has 0 aliphatic heterocycles. The Bertz CT molecular complexity index is 287. The molecule has 1 rings (SSSR count). The van der Waals surface area contributed by atoms with E-state index in [-0.39, 0.29) is 18.4 Å². The first-order valence-corrected chi connectivity index (χ1v) is 5.04. The monoisotopic (exact) mass is 233 g/mol. The Hall–Kier alpha value is -0.240. The maximum atomic E-state index is 5.78. The molecular formula is C11H17Cl2N. The molecular weight excluding hydrogens is 217 g/mol. The first kappa shape index (κ1) is 13.8. The Kier molecular flexibility index (Phi) is 6.17. The molecule has 0 spiro atoms. The number of hydrogen-bond donors (Lipinski definition) is 1. The van der Waals surface area contributed by atoms with Gasteiger partial charge in [0.2, 0.25) is 0 Å². The predicted octanol–water partition coefficient (Wildman–Crippen LogP) is 2.83. The molecule has 80 valence electrons. The summed E-state index contributed by atoms with van der Waals surface area (Å²) in [6, 6.07) is 6.50. The van der Waals surface area contributed by atoms with E-state index in [2.05, 4.69) is 32.0 Å². The zero-order chi connectivity index (χ0) is 9.84. The van der Waals surface area contributed by atoms with Gasteiger partial charge >= 0.3 is 0 Å². The second-order valence-corrected chi connectivity index (χ2v) is 3.86. The lowest BCUT2D eigenvalue weighted by Crippen LogP contribution is -2.24. The van der Waals surface area contributed by atoms with Crippen LogP contribution in [-0.4, -0.2) is 11.9 Å². The van der Waals surface area contributed by atoms with Gasteiger partial charge in [0.25, 0.3) is 0 Å². The molecule has 0 heterocycles. The summed E-state index contributed by atoms with van der Waals surface area (Å²) in [5.41, 5.74) is 9.68. The maximum absolute atomic E-state index is 5.78. The minimum Gasteiger partial charge on any atom is -0.326 e. The highest BCUT2D eigenvalue weighted by Crippen LogP contribution is 2.12. The summed E-state index contributed by atoms with van der Waals surface area (Å²) >= 11 is 5.66. The number of halogens is 2. The number of rotatable bonds is 3. The molecule has 0 aromatic heterocycles. The van der Waals surface area contributed by atoms with Crippen molar-refractivity contribution in [2.24, 2.45) is 5.73 Å². The summed E-state index contributed by atoms with van der Waals surface area (Å²) in [5.74, 6) is 0.521. The molecule has 1 nitrogen and oxygen atoms in total. The van der Waals surface area contributed by atoms with Crippen molar-refractivity contribution in [3.63, 3.8) is 0 Å². The molecule has 1 atom stereocenters. The predicted molar refractivity (Wildman–Crippen MR) is 65.6 cm³/mol. The van der Waals surface area contributed by atoms with Crippen LogP contribution in [0.1, 0.15) is 16.7 Å². The zero-order valence-corrected chi connectivity index (χ0v) is 10.2. The molecule has 0 fully saturated rings. The lowest BCUT2D eigenvalue weighted by atomic mass is 10.0. The van der Waals surface area contributed by atoms with Crippen LogP contribution in [0, 0.1) is 13.8 Å². The molecule has 0 amide bonds. The van der Waals surface area contributed by atoms with Crippen molar-refractivity contribution in [1.29, 1.82) is 0 Å². The lowest BCUT2D eigenvalue weighted by molar-refractivity contribution is 0.741. The minimum atomic E-state index is 0. The molecule has 1 unspecified atom stereocenters. The average Bonchev–Trinajstić information content (AvgIpc) is 2.09. The quantitative estimate of drug-likeness (QED) is 0.799. The Morgan fingerprint density at radius 2 is 2.00 bits per heavy atom. The van der Waals surface area contributed by atoms with E-state index in [4.69, 9.17) is 17.3 Å². The molecule has 0 saturated heterocycles. The zero-order valence-electron chi connectivity index (χ0n) is 8.59. The summed E-state index contributed by atoms with van der Waals surface area (Å²) < 4.78 is 0. The normalized spacial score (nSPS) is 12.0. The topological polar surface area (TPSA) is 26.0 Å². The summed E-state index contributed by atoms with van der Waals surface area (Å²) in [4.78, 5) is 0. The van der Waals surface area contributed by atoms with E-state index >= 15 is 0 Å². The molecule has 0 bridgehead atoms. The highest BCUT2D eigenvalue weighted by molar-refractivity contribution is 6.18. The molecule has 0 radical (unpaired) electrons. The van der Waals surface area contributed by atoms with E-state index in [0.717, 1.165) is 6.42 Å². The van der Waals surface area contributed by atoms with Gasteiger partial charge in [-0.2, -0.15) is 0 Å². The molecule has 1 aromatic rings. The van der Waals surface area contributed by atoms with E-state index in [1.807, 2.05) is 0 Å². The third kappa shape index (κ3) is 3.87. The molecule has 1 aromatic carbocycles. The molecule has 0 saturated carbocycles. The fourth-order valence-electron chi connectivity index (χ4n) is 1.41. The van der Waals surface area contributed by atoms with Crippen molar-refractivity contribution < 1.29 is 0 Å². The molecule has 2 N–H and O–H groups in total. The summed E-state index contributed by atoms with van der Waals surface area (Å²) in [5, 5.41) is 0. The van der Waals surface area contributed by atoms with Crippen molar-refractivity contribution >= 4 is 24.0 Å². The molecule has 0 aliphatic carbocycles. The fourth-order valence-corrected chi connectivity index (χ4v) is 1.52. The van der Waals surface area contributed by atoms with E-state index in [1.54, 1.807) is 0 Å². The van der Waals surface area contributed by atoms with Gasteiger partial charge in [0.1, 0.15) is 0 Å². The largest absolute Gasteiger partial charge is 0.326 e. The van der Waals surface area contributed by atoms with Crippen LogP contribution >= 0.6 is 24.0 Å². The lowest BCUT2D eigenvalue weighted by Gasteiger charge is -2.10. The van der Waals surface area contributed by atoms with Crippen LogP contribution in [0.25, 0.3) is 0 Å². The second kappa shape index (κ2) is 6.28. The van der Waals surface area contributed by atoms with Gasteiger partial charge in [-0.3, -0.25) is 0 Å². The standard InChI is InChI=1S/C11H16ClN.ClH/c1-8-3-4-10(9(2)5-8)6-11(13)7-12;/h3-5,11H,6-7,13H2,1-2H3;1H. The Morgan fingerprint density at radius 1 is 1.36 bits per heavy atom. The Balaban J connectivity index is 0.00000169. The van der Waals surface area contributed by atoms with Gasteiger partial charge in [0.15, 0.2) is 0 Å². The maximum Gasteiger partial charge on any atom is 0.0378 e. The van der Waals surface area contributed by atoms with Gasteiger partial charge in [0, 0.05) is 11.9 Å². The highest BCUT2D eigenvalue weighted by atomic mass is 35.5. The van der Waals surface area contributed by atoms with Crippen molar-refractivity contribution in [1.82, 2.24) is 0 Å². The van der Waals surface area contributed by atoms with Crippen molar-refractivity contribution in [2.45, 2.75) is 26.3 Å². The number of alkyl halides is 1. The van der Waals surface area contributed by atoms with Crippen LogP contribution in [0.4, 0.5) is 0 Å². The fraction of sp³-hybridized carbons (Fsp3) is 0.455. The van der Waals surface area contributed by atoms with Crippen molar-refractivity contribution in [3.8, 4) is 0 Å². The third-order valence-electron chi connectivity index (χ3n) is 2.18. The first-order chi connectivity index (χ1) is 6.13. The van der Waals surface area contributed by atoms with Gasteiger partial charge in [-0.1, -0.05) is 23.8 Å². The summed E-state index contributed by atoms with van der Waals surface area (Å²) in [6.07, 6.45) is 0.871. The highest BCUT2D eigenvalue weighted by Gasteiger charge is 2.04. The van der Waals surface area contributed by atoms with Crippen LogP contribution in [0.3, 0.4) is 0 Å². The molecule has 0 aliphatic rings. The van der Waals surface area contributed by atoms with Gasteiger partial charge in [-0.15, -0.1) is 24.0 Å². The van der Waals surface area contributed by atoms with Gasteiger partial charge in [0.05, 0.1) is 0 Å². The SMILES string of the molecule is Cc1ccc(CC(N)CCl)c(C)c1.Cl. The van der Waals surface area contributed by atoms with E-state index in [0.29, 0.717) is 5.88 Å². The van der Waals surface area contributed by atoms with E-state index in [9.17, 15) is 0 Å². The Labute approximate surface area is 97.1 Å². The number of hydrogen-bond acceptors (Lipinski definition) is 1. The molecule has 14 heavy (non-hydrogen) atoms. The Morgan fingerprint density at radius 3 is 2.50 bits per heavy atom. The first-order valence-electron chi connectivity index (χ1n) is 4.51. The van der Waals surface area contributed by atoms with Crippen molar-refractivity contribution in [3.05, 3.63) is 34.9 Å². The second-order valence-electron chi connectivity index (χ2n) is 3.55. The van der Waals surface area contributed by atoms with Crippen LogP contribution in [0.5, 0.6) is 0 Å². The summed E-state index contributed by atoms with van der Waals surface area (Å²) in [7, 11) is 0.